The number of aryl methyl sites for hydroxylation is 1. The first-order valence-corrected chi connectivity index (χ1v) is 8.79. The molecule has 2 N–H and O–H groups in total. The number of halogens is 2. The van der Waals surface area contributed by atoms with Crippen molar-refractivity contribution < 1.29 is 4.79 Å². The van der Waals surface area contributed by atoms with Gasteiger partial charge in [0.05, 0.1) is 12.2 Å². The first-order valence-electron chi connectivity index (χ1n) is 8.03. The van der Waals surface area contributed by atoms with E-state index in [1.54, 1.807) is 21.5 Å². The number of benzene rings is 2. The number of hydrogen-bond acceptors (Lipinski definition) is 4. The van der Waals surface area contributed by atoms with Crippen LogP contribution in [-0.4, -0.2) is 30.5 Å². The number of rotatable bonds is 4. The number of fused-ring (bicyclic) bond motifs is 1. The van der Waals surface area contributed by atoms with Crippen molar-refractivity contribution in [2.24, 2.45) is 12.8 Å². The van der Waals surface area contributed by atoms with Crippen LogP contribution in [0.3, 0.4) is 0 Å². The lowest BCUT2D eigenvalue weighted by Gasteiger charge is -2.06. The molecule has 1 amide bonds. The average Bonchev–Trinajstić information content (AvgIpc) is 3.21. The fourth-order valence-corrected chi connectivity index (χ4v) is 3.53. The Morgan fingerprint density at radius 3 is 2.67 bits per heavy atom. The first kappa shape index (κ1) is 17.5. The van der Waals surface area contributed by atoms with E-state index in [9.17, 15) is 4.79 Å². The second kappa shape index (κ2) is 6.68. The molecule has 0 spiro atoms. The first-order chi connectivity index (χ1) is 12.9. The Morgan fingerprint density at radius 2 is 1.96 bits per heavy atom. The summed E-state index contributed by atoms with van der Waals surface area (Å²) < 4.78 is 3.34. The third-order valence-electron chi connectivity index (χ3n) is 4.28. The van der Waals surface area contributed by atoms with Crippen molar-refractivity contribution in [3.05, 3.63) is 64.3 Å². The van der Waals surface area contributed by atoms with Crippen LogP contribution in [0.4, 0.5) is 0 Å². The molecule has 7 nitrogen and oxygen atoms in total. The second-order valence-corrected chi connectivity index (χ2v) is 6.87. The molecule has 136 valence electrons. The van der Waals surface area contributed by atoms with Crippen molar-refractivity contribution in [2.75, 3.05) is 0 Å². The maximum atomic E-state index is 11.2. The van der Waals surface area contributed by atoms with Gasteiger partial charge in [0, 0.05) is 33.6 Å². The molecule has 27 heavy (non-hydrogen) atoms. The molecular formula is C18H14Cl2N6O. The summed E-state index contributed by atoms with van der Waals surface area (Å²) in [5, 5.41) is 10.8. The van der Waals surface area contributed by atoms with Crippen LogP contribution in [-0.2, 0) is 13.6 Å². The molecule has 2 aromatic carbocycles. The summed E-state index contributed by atoms with van der Waals surface area (Å²) in [4.78, 5) is 15.1. The Hall–Kier alpha value is -2.90. The highest BCUT2D eigenvalue weighted by molar-refractivity contribution is 6.36. The molecule has 2 heterocycles. The largest absolute Gasteiger partial charge is 0.363 e. The Balaban J connectivity index is 1.81. The fourth-order valence-electron chi connectivity index (χ4n) is 3.02. The second-order valence-electron chi connectivity index (χ2n) is 6.03. The minimum Gasteiger partial charge on any atom is -0.363 e. The molecule has 0 saturated heterocycles. The van der Waals surface area contributed by atoms with Crippen molar-refractivity contribution >= 4 is 40.0 Å². The quantitative estimate of drug-likeness (QED) is 0.568. The summed E-state index contributed by atoms with van der Waals surface area (Å²) in [6, 6.07) is 11.3. The SMILES string of the molecule is Cn1nc2c(-c3ccc(Cl)cc3Cl)cccc2c1Cn1cnc(C(N)=O)n1. The Morgan fingerprint density at radius 1 is 1.15 bits per heavy atom. The average molecular weight is 401 g/mol. The van der Waals surface area contributed by atoms with E-state index in [1.807, 2.05) is 31.3 Å². The molecule has 0 radical (unpaired) electrons. The molecule has 0 aliphatic rings. The van der Waals surface area contributed by atoms with Crippen molar-refractivity contribution in [2.45, 2.75) is 6.54 Å². The van der Waals surface area contributed by atoms with Gasteiger partial charge < -0.3 is 5.73 Å². The summed E-state index contributed by atoms with van der Waals surface area (Å²) >= 11 is 12.4. The summed E-state index contributed by atoms with van der Waals surface area (Å²) in [5.41, 5.74) is 8.71. The Labute approximate surface area is 164 Å². The minimum atomic E-state index is -0.664. The highest BCUT2D eigenvalue weighted by Crippen LogP contribution is 2.35. The summed E-state index contributed by atoms with van der Waals surface area (Å²) in [6.45, 7) is 0.394. The van der Waals surface area contributed by atoms with Crippen LogP contribution in [0.5, 0.6) is 0 Å². The van der Waals surface area contributed by atoms with Crippen LogP contribution in [0.2, 0.25) is 10.0 Å². The Bertz CT molecular complexity index is 1180. The molecular weight excluding hydrogens is 387 g/mol. The van der Waals surface area contributed by atoms with Gasteiger partial charge in [-0.15, -0.1) is 5.10 Å². The molecule has 0 bridgehead atoms. The predicted octanol–water partition coefficient (Wildman–Crippen LogP) is 3.29. The van der Waals surface area contributed by atoms with Crippen LogP contribution >= 0.6 is 23.2 Å². The molecule has 0 aliphatic heterocycles. The summed E-state index contributed by atoms with van der Waals surface area (Å²) in [6.07, 6.45) is 1.47. The lowest BCUT2D eigenvalue weighted by molar-refractivity contribution is 0.0990. The van der Waals surface area contributed by atoms with Gasteiger partial charge in [-0.3, -0.25) is 9.48 Å². The highest BCUT2D eigenvalue weighted by Gasteiger charge is 2.16. The predicted molar refractivity (Wildman–Crippen MR) is 104 cm³/mol. The number of nitrogens with two attached hydrogens (primary N) is 1. The fraction of sp³-hybridized carbons (Fsp3) is 0.111. The summed E-state index contributed by atoms with van der Waals surface area (Å²) in [7, 11) is 1.86. The molecule has 0 atom stereocenters. The number of carbonyl (C=O) groups is 1. The monoisotopic (exact) mass is 400 g/mol. The van der Waals surface area contributed by atoms with Gasteiger partial charge in [-0.2, -0.15) is 5.10 Å². The molecule has 0 aliphatic carbocycles. The van der Waals surface area contributed by atoms with E-state index < -0.39 is 5.91 Å². The van der Waals surface area contributed by atoms with Crippen LogP contribution < -0.4 is 5.73 Å². The zero-order valence-electron chi connectivity index (χ0n) is 14.2. The number of amides is 1. The van der Waals surface area contributed by atoms with Crippen LogP contribution in [0.15, 0.2) is 42.7 Å². The van der Waals surface area contributed by atoms with E-state index in [0.29, 0.717) is 16.6 Å². The number of primary amides is 1. The van der Waals surface area contributed by atoms with Crippen LogP contribution in [0.1, 0.15) is 16.3 Å². The van der Waals surface area contributed by atoms with E-state index in [2.05, 4.69) is 15.2 Å². The third-order valence-corrected chi connectivity index (χ3v) is 4.83. The molecule has 4 rings (SSSR count). The topological polar surface area (TPSA) is 91.6 Å². The van der Waals surface area contributed by atoms with E-state index in [1.165, 1.54) is 6.33 Å². The van der Waals surface area contributed by atoms with E-state index in [-0.39, 0.29) is 5.82 Å². The van der Waals surface area contributed by atoms with Gasteiger partial charge in [-0.05, 0) is 12.1 Å². The number of hydrogen-bond donors (Lipinski definition) is 1. The lowest BCUT2D eigenvalue weighted by atomic mass is 10.0. The molecule has 0 saturated carbocycles. The third kappa shape index (κ3) is 3.15. The van der Waals surface area contributed by atoms with Gasteiger partial charge in [-0.1, -0.05) is 47.5 Å². The molecule has 4 aromatic rings. The van der Waals surface area contributed by atoms with Gasteiger partial charge in [0.15, 0.2) is 0 Å². The van der Waals surface area contributed by atoms with E-state index >= 15 is 0 Å². The highest BCUT2D eigenvalue weighted by atomic mass is 35.5. The van der Waals surface area contributed by atoms with Gasteiger partial charge in [0.25, 0.3) is 5.91 Å². The maximum absolute atomic E-state index is 11.2. The van der Waals surface area contributed by atoms with E-state index in [0.717, 1.165) is 27.7 Å². The Kier molecular flexibility index (Phi) is 4.33. The number of carbonyl (C=O) groups excluding carboxylic acids is 1. The number of aromatic nitrogens is 5. The van der Waals surface area contributed by atoms with Gasteiger partial charge in [0.2, 0.25) is 5.82 Å². The smallest absolute Gasteiger partial charge is 0.288 e. The van der Waals surface area contributed by atoms with Gasteiger partial charge in [0.1, 0.15) is 11.8 Å². The minimum absolute atomic E-state index is 0.0184. The lowest BCUT2D eigenvalue weighted by Crippen LogP contribution is -2.14. The molecule has 9 heteroatoms. The number of nitrogens with zero attached hydrogens (tertiary/aromatic N) is 5. The zero-order chi connectivity index (χ0) is 19.1. The normalized spacial score (nSPS) is 11.2. The van der Waals surface area contributed by atoms with Crippen molar-refractivity contribution in [3.8, 4) is 11.1 Å². The molecule has 0 fully saturated rings. The van der Waals surface area contributed by atoms with Crippen molar-refractivity contribution in [3.63, 3.8) is 0 Å². The standard InChI is InChI=1S/C18H14Cl2N6O/c1-25-15(8-26-9-22-18(24-26)17(21)27)13-4-2-3-12(16(13)23-25)11-6-5-10(19)7-14(11)20/h2-7,9H,8H2,1H3,(H2,21,27). The summed E-state index contributed by atoms with van der Waals surface area (Å²) in [5.74, 6) is -0.682. The van der Waals surface area contributed by atoms with Gasteiger partial charge >= 0.3 is 0 Å². The molecule has 2 aromatic heterocycles. The van der Waals surface area contributed by atoms with E-state index in [4.69, 9.17) is 28.9 Å². The van der Waals surface area contributed by atoms with Crippen molar-refractivity contribution in [1.29, 1.82) is 0 Å². The maximum Gasteiger partial charge on any atom is 0.288 e. The van der Waals surface area contributed by atoms with Crippen molar-refractivity contribution in [1.82, 2.24) is 24.5 Å². The van der Waals surface area contributed by atoms with Crippen LogP contribution in [0, 0.1) is 0 Å². The van der Waals surface area contributed by atoms with Gasteiger partial charge in [-0.25, -0.2) is 9.67 Å². The zero-order valence-corrected chi connectivity index (χ0v) is 15.7. The molecule has 0 unspecified atom stereocenters. The van der Waals surface area contributed by atoms with Crippen LogP contribution in [0.25, 0.3) is 22.0 Å².